The van der Waals surface area contributed by atoms with Gasteiger partial charge in [-0.1, -0.05) is 30.3 Å². The quantitative estimate of drug-likeness (QED) is 0.761. The van der Waals surface area contributed by atoms with Crippen LogP contribution < -0.4 is 10.1 Å². The van der Waals surface area contributed by atoms with Crippen molar-refractivity contribution in [2.24, 2.45) is 0 Å². The molecule has 0 bridgehead atoms. The van der Waals surface area contributed by atoms with E-state index in [4.69, 9.17) is 4.74 Å². The molecule has 0 aliphatic heterocycles. The van der Waals surface area contributed by atoms with Gasteiger partial charge in [-0.3, -0.25) is 9.78 Å². The highest BCUT2D eigenvalue weighted by atomic mass is 16.5. The van der Waals surface area contributed by atoms with Crippen LogP contribution >= 0.6 is 0 Å². The summed E-state index contributed by atoms with van der Waals surface area (Å²) in [5.41, 5.74) is 2.52. The number of carbonyl (C=O) groups is 1. The standard InChI is InChI=1S/C21H18N2O3/c24-19-13-14-4-1-2-7-18(14)20(19)23-21(25)15-5-3-6-17(12-15)26-16-8-10-22-11-9-16/h1-12,19-20,24H,13H2,(H,23,25). The Labute approximate surface area is 151 Å². The first-order valence-corrected chi connectivity index (χ1v) is 8.45. The number of benzene rings is 2. The highest BCUT2D eigenvalue weighted by Crippen LogP contribution is 2.31. The molecule has 2 atom stereocenters. The average Bonchev–Trinajstić information content (AvgIpc) is 2.98. The number of hydrogen-bond acceptors (Lipinski definition) is 4. The van der Waals surface area contributed by atoms with Crippen molar-refractivity contribution in [3.63, 3.8) is 0 Å². The smallest absolute Gasteiger partial charge is 0.251 e. The summed E-state index contributed by atoms with van der Waals surface area (Å²) in [6.07, 6.45) is 3.22. The van der Waals surface area contributed by atoms with Crippen LogP contribution in [0.25, 0.3) is 0 Å². The first kappa shape index (κ1) is 16.3. The number of pyridine rings is 1. The number of ether oxygens (including phenoxy) is 1. The monoisotopic (exact) mass is 346 g/mol. The minimum Gasteiger partial charge on any atom is -0.457 e. The molecular weight excluding hydrogens is 328 g/mol. The highest BCUT2D eigenvalue weighted by Gasteiger charge is 2.32. The van der Waals surface area contributed by atoms with Gasteiger partial charge >= 0.3 is 0 Å². The van der Waals surface area contributed by atoms with Gasteiger partial charge in [0.25, 0.3) is 5.91 Å². The summed E-state index contributed by atoms with van der Waals surface area (Å²) in [5.74, 6) is 0.972. The summed E-state index contributed by atoms with van der Waals surface area (Å²) < 4.78 is 5.75. The van der Waals surface area contributed by atoms with Gasteiger partial charge in [-0.25, -0.2) is 0 Å². The second kappa shape index (κ2) is 6.98. The van der Waals surface area contributed by atoms with Crippen molar-refractivity contribution in [3.8, 4) is 11.5 Å². The fraction of sp³-hybridized carbons (Fsp3) is 0.143. The SMILES string of the molecule is O=C(NC1c2ccccc2CC1O)c1cccc(Oc2ccncc2)c1. The van der Waals surface area contributed by atoms with Crippen molar-refractivity contribution in [3.05, 3.63) is 89.7 Å². The molecule has 0 spiro atoms. The van der Waals surface area contributed by atoms with Gasteiger partial charge in [-0.2, -0.15) is 0 Å². The summed E-state index contributed by atoms with van der Waals surface area (Å²) in [7, 11) is 0. The molecule has 2 unspecified atom stereocenters. The molecule has 0 saturated carbocycles. The Morgan fingerprint density at radius 3 is 2.69 bits per heavy atom. The predicted molar refractivity (Wildman–Crippen MR) is 97.1 cm³/mol. The Morgan fingerprint density at radius 2 is 1.85 bits per heavy atom. The molecule has 2 aromatic carbocycles. The van der Waals surface area contributed by atoms with E-state index in [9.17, 15) is 9.90 Å². The van der Waals surface area contributed by atoms with Gasteiger partial charge in [0.1, 0.15) is 11.5 Å². The number of nitrogens with zero attached hydrogens (tertiary/aromatic N) is 1. The van der Waals surface area contributed by atoms with Gasteiger partial charge in [0, 0.05) is 24.4 Å². The molecule has 0 saturated heterocycles. The van der Waals surface area contributed by atoms with Gasteiger partial charge in [0.15, 0.2) is 0 Å². The maximum Gasteiger partial charge on any atom is 0.251 e. The fourth-order valence-electron chi connectivity index (χ4n) is 3.22. The second-order valence-electron chi connectivity index (χ2n) is 6.23. The van der Waals surface area contributed by atoms with Gasteiger partial charge in [0.05, 0.1) is 12.1 Å². The molecule has 5 nitrogen and oxygen atoms in total. The number of carbonyl (C=O) groups excluding carboxylic acids is 1. The molecule has 5 heteroatoms. The molecule has 2 N–H and O–H groups in total. The van der Waals surface area contributed by atoms with Crippen LogP contribution in [-0.2, 0) is 6.42 Å². The molecular formula is C21H18N2O3. The molecule has 1 aliphatic carbocycles. The number of aliphatic hydroxyl groups is 1. The average molecular weight is 346 g/mol. The molecule has 0 radical (unpaired) electrons. The fourth-order valence-corrected chi connectivity index (χ4v) is 3.22. The Kier molecular flexibility index (Phi) is 4.37. The van der Waals surface area contributed by atoms with Crippen molar-refractivity contribution in [1.29, 1.82) is 0 Å². The third kappa shape index (κ3) is 3.30. The predicted octanol–water partition coefficient (Wildman–Crippen LogP) is 3.26. The Morgan fingerprint density at radius 1 is 1.04 bits per heavy atom. The lowest BCUT2D eigenvalue weighted by Crippen LogP contribution is -2.33. The van der Waals surface area contributed by atoms with E-state index in [1.54, 1.807) is 48.8 Å². The van der Waals surface area contributed by atoms with Crippen molar-refractivity contribution in [1.82, 2.24) is 10.3 Å². The molecule has 1 aliphatic rings. The van der Waals surface area contributed by atoms with E-state index in [2.05, 4.69) is 10.3 Å². The number of hydrogen-bond donors (Lipinski definition) is 2. The van der Waals surface area contributed by atoms with Gasteiger partial charge in [-0.05, 0) is 41.5 Å². The molecule has 0 fully saturated rings. The number of aromatic nitrogens is 1. The van der Waals surface area contributed by atoms with E-state index in [-0.39, 0.29) is 5.91 Å². The topological polar surface area (TPSA) is 71.5 Å². The maximum atomic E-state index is 12.7. The van der Waals surface area contributed by atoms with Crippen LogP contribution in [0.4, 0.5) is 0 Å². The Balaban J connectivity index is 1.51. The highest BCUT2D eigenvalue weighted by molar-refractivity contribution is 5.95. The summed E-state index contributed by atoms with van der Waals surface area (Å²) in [4.78, 5) is 16.6. The zero-order valence-corrected chi connectivity index (χ0v) is 14.0. The second-order valence-corrected chi connectivity index (χ2v) is 6.23. The zero-order valence-electron chi connectivity index (χ0n) is 14.0. The van der Waals surface area contributed by atoms with Crippen molar-refractivity contribution < 1.29 is 14.6 Å². The minimum absolute atomic E-state index is 0.245. The summed E-state index contributed by atoms with van der Waals surface area (Å²) in [5, 5.41) is 13.2. The summed E-state index contributed by atoms with van der Waals surface area (Å²) in [6, 6.07) is 17.8. The third-order valence-corrected chi connectivity index (χ3v) is 4.47. The summed E-state index contributed by atoms with van der Waals surface area (Å²) >= 11 is 0. The van der Waals surface area contributed by atoms with Crippen LogP contribution in [0.3, 0.4) is 0 Å². The lowest BCUT2D eigenvalue weighted by atomic mass is 10.1. The van der Waals surface area contributed by atoms with E-state index < -0.39 is 12.1 Å². The van der Waals surface area contributed by atoms with Crippen molar-refractivity contribution >= 4 is 5.91 Å². The molecule has 4 rings (SSSR count). The van der Waals surface area contributed by atoms with Crippen LogP contribution in [0.2, 0.25) is 0 Å². The van der Waals surface area contributed by atoms with E-state index in [1.807, 2.05) is 24.3 Å². The van der Waals surface area contributed by atoms with E-state index in [0.717, 1.165) is 11.1 Å². The molecule has 3 aromatic rings. The molecule has 1 heterocycles. The normalized spacial score (nSPS) is 18.2. The Bertz CT molecular complexity index is 927. The molecule has 1 amide bonds. The maximum absolute atomic E-state index is 12.7. The van der Waals surface area contributed by atoms with Crippen molar-refractivity contribution in [2.45, 2.75) is 18.6 Å². The van der Waals surface area contributed by atoms with Gasteiger partial charge < -0.3 is 15.2 Å². The lowest BCUT2D eigenvalue weighted by Gasteiger charge is -2.18. The largest absolute Gasteiger partial charge is 0.457 e. The number of nitrogens with one attached hydrogen (secondary N) is 1. The Hall–Kier alpha value is -3.18. The van der Waals surface area contributed by atoms with E-state index in [0.29, 0.717) is 23.5 Å². The van der Waals surface area contributed by atoms with E-state index in [1.165, 1.54) is 0 Å². The van der Waals surface area contributed by atoms with Gasteiger partial charge in [-0.15, -0.1) is 0 Å². The zero-order chi connectivity index (χ0) is 17.9. The molecule has 130 valence electrons. The first-order valence-electron chi connectivity index (χ1n) is 8.45. The number of aliphatic hydroxyl groups excluding tert-OH is 1. The lowest BCUT2D eigenvalue weighted by molar-refractivity contribution is 0.0858. The number of amides is 1. The molecule has 26 heavy (non-hydrogen) atoms. The molecule has 1 aromatic heterocycles. The van der Waals surface area contributed by atoms with Gasteiger partial charge in [0.2, 0.25) is 0 Å². The minimum atomic E-state index is -0.618. The third-order valence-electron chi connectivity index (χ3n) is 4.47. The number of fused-ring (bicyclic) bond motifs is 1. The summed E-state index contributed by atoms with van der Waals surface area (Å²) in [6.45, 7) is 0. The van der Waals surface area contributed by atoms with Crippen LogP contribution in [0, 0.1) is 0 Å². The number of rotatable bonds is 4. The van der Waals surface area contributed by atoms with Crippen LogP contribution in [0.5, 0.6) is 11.5 Å². The first-order chi connectivity index (χ1) is 12.7. The van der Waals surface area contributed by atoms with Crippen LogP contribution in [-0.4, -0.2) is 22.1 Å². The van der Waals surface area contributed by atoms with Crippen molar-refractivity contribution in [2.75, 3.05) is 0 Å². The van der Waals surface area contributed by atoms with Crippen LogP contribution in [0.15, 0.2) is 73.1 Å². The van der Waals surface area contributed by atoms with Crippen LogP contribution in [0.1, 0.15) is 27.5 Å². The van der Waals surface area contributed by atoms with E-state index >= 15 is 0 Å².